The van der Waals surface area contributed by atoms with Crippen molar-refractivity contribution >= 4 is 46.6 Å². The molecule has 4 aromatic rings. The highest BCUT2D eigenvalue weighted by atomic mass is 35.5. The zero-order valence-electron chi connectivity index (χ0n) is 19.4. The zero-order valence-corrected chi connectivity index (χ0v) is 20.2. The number of fused-ring (bicyclic) bond motifs is 1. The molecule has 0 aliphatic rings. The van der Waals surface area contributed by atoms with E-state index in [9.17, 15) is 28.4 Å². The van der Waals surface area contributed by atoms with Gasteiger partial charge in [0.05, 0.1) is 7.11 Å². The molecule has 0 unspecified atom stereocenters. The molecule has 198 valence electrons. The molecule has 1 amide bonds. The second kappa shape index (κ2) is 11.4. The molecule has 0 fully saturated rings. The summed E-state index contributed by atoms with van der Waals surface area (Å²) in [6.07, 6.45) is 1.14. The number of aromatic nitrogens is 3. The van der Waals surface area contributed by atoms with Gasteiger partial charge in [0.15, 0.2) is 17.0 Å². The quantitative estimate of drug-likeness (QED) is 0.113. The number of nitrogens with two attached hydrogens (primary N) is 2. The van der Waals surface area contributed by atoms with Gasteiger partial charge in [-0.05, 0) is 29.5 Å². The van der Waals surface area contributed by atoms with Crippen LogP contribution in [0.2, 0.25) is 0 Å². The van der Waals surface area contributed by atoms with Crippen LogP contribution in [0.15, 0.2) is 40.2 Å². The molecule has 0 atom stereocenters. The number of ether oxygens (including phenoxy) is 1. The minimum atomic E-state index is -1.36. The second-order valence-corrected chi connectivity index (χ2v) is 7.78. The second-order valence-electron chi connectivity index (χ2n) is 7.51. The van der Waals surface area contributed by atoms with Crippen molar-refractivity contribution in [2.45, 2.75) is 13.1 Å². The fraction of sp³-hybridized carbons (Fsp3) is 0.136. The predicted octanol–water partition coefficient (Wildman–Crippen LogP) is 0.172. The van der Waals surface area contributed by atoms with Crippen molar-refractivity contribution in [3.05, 3.63) is 85.1 Å². The van der Waals surface area contributed by atoms with Gasteiger partial charge in [0.25, 0.3) is 16.8 Å². The lowest BCUT2D eigenvalue weighted by molar-refractivity contribution is 0.0591. The summed E-state index contributed by atoms with van der Waals surface area (Å²) in [5.41, 5.74) is 9.28. The molecule has 0 aliphatic heterocycles. The summed E-state index contributed by atoms with van der Waals surface area (Å²) in [7, 11) is 1.14. The largest absolute Gasteiger partial charge is 0.477 e. The normalized spacial score (nSPS) is 10.6. The molecule has 0 spiro atoms. The number of aromatic carboxylic acids is 1. The number of nitrogens with zero attached hydrogens (tertiary/aromatic N) is 3. The first-order valence-corrected chi connectivity index (χ1v) is 10.8. The van der Waals surface area contributed by atoms with Gasteiger partial charge in [0.2, 0.25) is 0 Å². The number of carboxylic acid groups (broad SMARTS) is 1. The van der Waals surface area contributed by atoms with Gasteiger partial charge in [-0.3, -0.25) is 18.8 Å². The fourth-order valence-corrected chi connectivity index (χ4v) is 3.39. The van der Waals surface area contributed by atoms with Crippen LogP contribution in [0.1, 0.15) is 42.6 Å². The van der Waals surface area contributed by atoms with Crippen LogP contribution in [-0.2, 0) is 17.8 Å². The van der Waals surface area contributed by atoms with Crippen LogP contribution >= 0.6 is 11.8 Å². The maximum absolute atomic E-state index is 13.6. The van der Waals surface area contributed by atoms with E-state index in [1.165, 1.54) is 6.07 Å². The maximum Gasteiger partial charge on any atom is 0.355 e. The number of anilines is 2. The number of rotatable bonds is 8. The lowest BCUT2D eigenvalue weighted by Gasteiger charge is -2.11. The lowest BCUT2D eigenvalue weighted by atomic mass is 10.1. The van der Waals surface area contributed by atoms with E-state index in [-0.39, 0.29) is 35.0 Å². The third kappa shape index (κ3) is 5.58. The Hall–Kier alpha value is -4.89. The number of carboxylic acids is 1. The maximum atomic E-state index is 13.6. The molecule has 0 radical (unpaired) electrons. The average molecular weight is 548 g/mol. The molecule has 4 rings (SSSR count). The fourth-order valence-electron chi connectivity index (χ4n) is 3.23. The van der Waals surface area contributed by atoms with Crippen LogP contribution < -0.4 is 32.5 Å². The van der Waals surface area contributed by atoms with E-state index >= 15 is 0 Å². The lowest BCUT2D eigenvalue weighted by Crippen LogP contribution is -2.37. The van der Waals surface area contributed by atoms with Gasteiger partial charge in [-0.25, -0.2) is 28.8 Å². The van der Waals surface area contributed by atoms with E-state index in [0.29, 0.717) is 12.1 Å². The Labute approximate surface area is 216 Å². The van der Waals surface area contributed by atoms with Crippen LogP contribution in [0.5, 0.6) is 0 Å². The minimum Gasteiger partial charge on any atom is -0.477 e. The molecule has 0 saturated carbocycles. The van der Waals surface area contributed by atoms with Crippen molar-refractivity contribution in [3.63, 3.8) is 0 Å². The highest BCUT2D eigenvalue weighted by Crippen LogP contribution is 2.16. The summed E-state index contributed by atoms with van der Waals surface area (Å²) in [6, 6.07) is 5.54. The first-order valence-electron chi connectivity index (χ1n) is 10.4. The number of nitrogen functional groups attached to an aromatic ring is 1. The number of carbonyl (C=O) groups is 3. The van der Waals surface area contributed by atoms with Gasteiger partial charge in [0, 0.05) is 24.7 Å². The molecular formula is C22H19ClFN7O7. The third-order valence-electron chi connectivity index (χ3n) is 5.13. The third-order valence-corrected chi connectivity index (χ3v) is 5.27. The van der Waals surface area contributed by atoms with E-state index in [1.54, 1.807) is 12.1 Å². The van der Waals surface area contributed by atoms with Gasteiger partial charge in [-0.1, -0.05) is 6.07 Å². The van der Waals surface area contributed by atoms with Crippen LogP contribution in [0.4, 0.5) is 15.8 Å². The van der Waals surface area contributed by atoms with Crippen molar-refractivity contribution < 1.29 is 28.6 Å². The highest BCUT2D eigenvalue weighted by molar-refractivity contribution is 6.13. The molecule has 38 heavy (non-hydrogen) atoms. The number of benzene rings is 1. The van der Waals surface area contributed by atoms with Gasteiger partial charge in [-0.15, -0.1) is 0 Å². The molecule has 2 aromatic heterocycles. The monoisotopic (exact) mass is 547 g/mol. The topological polar surface area (TPSA) is 221 Å². The summed E-state index contributed by atoms with van der Waals surface area (Å²) in [5.74, 6) is -3.44. The smallest absolute Gasteiger partial charge is 0.355 e. The number of halogens is 2. The van der Waals surface area contributed by atoms with Crippen molar-refractivity contribution in [2.75, 3.05) is 18.2 Å². The number of hydrogen-bond donors (Lipinski definition) is 5. The molecule has 0 saturated heterocycles. The molecule has 0 aliphatic carbocycles. The minimum absolute atomic E-state index is 0.0465. The predicted molar refractivity (Wildman–Crippen MR) is 132 cm³/mol. The first kappa shape index (κ1) is 27.7. The number of esters is 1. The van der Waals surface area contributed by atoms with Crippen molar-refractivity contribution in [3.8, 4) is 0 Å². The molecule has 2 heterocycles. The Morgan fingerprint density at radius 2 is 1.89 bits per heavy atom. The van der Waals surface area contributed by atoms with E-state index < -0.39 is 40.2 Å². The summed E-state index contributed by atoms with van der Waals surface area (Å²) in [4.78, 5) is 65.6. The highest BCUT2D eigenvalue weighted by Gasteiger charge is 2.21. The standard InChI is InChI=1S/C12H11ClFN3O2.C10H8N4O5/c13-17-4-6-1-2-8(14)7(3-6)5-16-10-9(15)11(18)12(10)19;1-19-10(18)5-2-4(9(16)17)13-8-6(7(11)15)12-3-14(5)8/h1-3,16-17H,4-5,15H2;2-3H,1H3,(H2,11,15)(H,16,17). The number of hydrogen-bond acceptors (Lipinski definition) is 11. The molecule has 7 N–H and O–H groups in total. The van der Waals surface area contributed by atoms with Gasteiger partial charge in [-0.2, -0.15) is 0 Å². The van der Waals surface area contributed by atoms with Crippen LogP contribution in [0.3, 0.4) is 0 Å². The van der Waals surface area contributed by atoms with Gasteiger partial charge in [0.1, 0.15) is 29.2 Å². The van der Waals surface area contributed by atoms with E-state index in [1.807, 2.05) is 0 Å². The molecule has 16 heteroatoms. The number of nitrogens with one attached hydrogen (secondary N) is 2. The summed E-state index contributed by atoms with van der Waals surface area (Å²) < 4.78 is 19.2. The Kier molecular flexibility index (Phi) is 8.34. The van der Waals surface area contributed by atoms with E-state index in [4.69, 9.17) is 28.4 Å². The molecule has 2 aromatic carbocycles. The Morgan fingerprint density at radius 1 is 1.18 bits per heavy atom. The van der Waals surface area contributed by atoms with E-state index in [0.717, 1.165) is 29.5 Å². The molecular weight excluding hydrogens is 529 g/mol. The van der Waals surface area contributed by atoms with E-state index in [2.05, 4.69) is 24.9 Å². The van der Waals surface area contributed by atoms with Crippen LogP contribution in [0, 0.1) is 5.82 Å². The number of carbonyl (C=O) groups excluding carboxylic acids is 2. The SMILES string of the molecule is COC(=O)c1cc(C(=O)O)nc2c(C(N)=O)ncn12.Nc1c(NCc2cc(CNCl)ccc2F)c(=O)c1=O. The Balaban J connectivity index is 0.000000211. The molecule has 0 bridgehead atoms. The van der Waals surface area contributed by atoms with Crippen molar-refractivity contribution in [1.82, 2.24) is 19.2 Å². The van der Waals surface area contributed by atoms with Gasteiger partial charge >= 0.3 is 11.9 Å². The number of imidazole rings is 1. The first-order chi connectivity index (χ1) is 18.0. The zero-order chi connectivity index (χ0) is 28.1. The van der Waals surface area contributed by atoms with Crippen LogP contribution in [0.25, 0.3) is 5.65 Å². The summed E-state index contributed by atoms with van der Waals surface area (Å²) in [5, 5.41) is 11.6. The molecule has 14 nitrogen and oxygen atoms in total. The van der Waals surface area contributed by atoms with Gasteiger partial charge < -0.3 is 26.6 Å². The number of methoxy groups -OCH3 is 1. The van der Waals surface area contributed by atoms with Crippen LogP contribution in [-0.4, -0.2) is 44.4 Å². The van der Waals surface area contributed by atoms with Crippen molar-refractivity contribution in [1.29, 1.82) is 0 Å². The average Bonchev–Trinajstić information content (AvgIpc) is 3.34. The number of amides is 1. The van der Waals surface area contributed by atoms with Crippen molar-refractivity contribution in [2.24, 2.45) is 5.73 Å². The summed E-state index contributed by atoms with van der Waals surface area (Å²) in [6.45, 7) is 0.452. The Bertz CT molecular complexity index is 1630. The summed E-state index contributed by atoms with van der Waals surface area (Å²) >= 11 is 5.38. The number of primary amides is 1. The Morgan fingerprint density at radius 3 is 2.47 bits per heavy atom.